The molecule has 204 valence electrons. The number of benzene rings is 3. The molecule has 39 heavy (non-hydrogen) atoms. The van der Waals surface area contributed by atoms with E-state index in [1.165, 1.54) is 21.3 Å². The maximum absolute atomic E-state index is 12.6. The molecule has 1 aliphatic rings. The summed E-state index contributed by atoms with van der Waals surface area (Å²) >= 11 is 0. The van der Waals surface area contributed by atoms with Gasteiger partial charge in [-0.1, -0.05) is 68.4 Å². The molecule has 0 spiro atoms. The number of oxazole rings is 1. The molecule has 0 bridgehead atoms. The summed E-state index contributed by atoms with van der Waals surface area (Å²) in [6, 6.07) is 24.9. The summed E-state index contributed by atoms with van der Waals surface area (Å²) in [5, 5.41) is 2.72. The van der Waals surface area contributed by atoms with Gasteiger partial charge in [-0.25, -0.2) is 14.2 Å². The molecule has 1 amide bonds. The number of para-hydroxylation sites is 1. The average molecular weight is 529 g/mol. The number of rotatable bonds is 9. The van der Waals surface area contributed by atoms with E-state index in [1.807, 2.05) is 24.3 Å². The predicted molar refractivity (Wildman–Crippen MR) is 154 cm³/mol. The number of fused-ring (bicyclic) bond motifs is 1. The van der Waals surface area contributed by atoms with E-state index in [1.54, 1.807) is 0 Å². The second-order valence-electron chi connectivity index (χ2n) is 10.4. The summed E-state index contributed by atoms with van der Waals surface area (Å²) in [6.07, 6.45) is 0.318. The summed E-state index contributed by atoms with van der Waals surface area (Å²) in [6.45, 7) is 8.85. The number of nitrogens with one attached hydrogen (secondary N) is 1. The van der Waals surface area contributed by atoms with E-state index in [0.717, 1.165) is 44.8 Å². The molecule has 2 heterocycles. The fourth-order valence-electron chi connectivity index (χ4n) is 4.96. The average Bonchev–Trinajstić information content (AvgIpc) is 3.27. The highest BCUT2D eigenvalue weighted by Gasteiger charge is 2.22. The lowest BCUT2D eigenvalue weighted by Gasteiger charge is -2.36. The topological polar surface area (TPSA) is 79.9 Å². The Morgan fingerprint density at radius 1 is 0.949 bits per heavy atom. The molecule has 1 aliphatic heterocycles. The van der Waals surface area contributed by atoms with Gasteiger partial charge in [-0.05, 0) is 47.2 Å². The molecule has 8 nitrogen and oxygen atoms in total. The Morgan fingerprint density at radius 3 is 2.46 bits per heavy atom. The van der Waals surface area contributed by atoms with Crippen LogP contribution in [-0.2, 0) is 18.0 Å². The smallest absolute Gasteiger partial charge is 0.422 e. The van der Waals surface area contributed by atoms with Gasteiger partial charge >= 0.3 is 11.8 Å². The van der Waals surface area contributed by atoms with Gasteiger partial charge in [0.05, 0.1) is 11.2 Å². The second-order valence-corrected chi connectivity index (χ2v) is 10.4. The van der Waals surface area contributed by atoms with Crippen LogP contribution < -0.4 is 16.0 Å². The maximum Gasteiger partial charge on any atom is 0.422 e. The molecule has 0 aliphatic carbocycles. The Balaban J connectivity index is 1.21. The summed E-state index contributed by atoms with van der Waals surface area (Å²) < 4.78 is 12.3. The van der Waals surface area contributed by atoms with Crippen LogP contribution in [0.25, 0.3) is 22.2 Å². The maximum atomic E-state index is 12.6. The fraction of sp³-hybridized carbons (Fsp3) is 0.355. The van der Waals surface area contributed by atoms with Crippen LogP contribution in [0.5, 0.6) is 0 Å². The molecule has 0 saturated carbocycles. The number of carbonyl (C=O) groups is 1. The highest BCUT2D eigenvalue weighted by molar-refractivity contribution is 5.87. The van der Waals surface area contributed by atoms with E-state index in [4.69, 9.17) is 9.15 Å². The molecule has 5 rings (SSSR count). The van der Waals surface area contributed by atoms with Crippen LogP contribution in [0.2, 0.25) is 0 Å². The molecule has 1 saturated heterocycles. The van der Waals surface area contributed by atoms with E-state index in [0.29, 0.717) is 23.6 Å². The molecule has 1 fully saturated rings. The van der Waals surface area contributed by atoms with Crippen LogP contribution in [0, 0.1) is 5.92 Å². The van der Waals surface area contributed by atoms with Crippen LogP contribution in [-0.4, -0.2) is 48.3 Å². The number of carbonyl (C=O) groups excluding carboxylic acids is 1. The summed E-state index contributed by atoms with van der Waals surface area (Å²) in [4.78, 5) is 29.4. The Labute approximate surface area is 228 Å². The molecule has 3 aromatic carbocycles. The second kappa shape index (κ2) is 12.2. The molecular weight excluding hydrogens is 492 g/mol. The van der Waals surface area contributed by atoms with Crippen LogP contribution in [0.4, 0.5) is 10.5 Å². The summed E-state index contributed by atoms with van der Waals surface area (Å²) in [5.74, 6) is -0.0544. The first-order valence-corrected chi connectivity index (χ1v) is 13.6. The molecule has 0 atom stereocenters. The fourth-order valence-corrected chi connectivity index (χ4v) is 4.96. The minimum absolute atomic E-state index is 0.196. The van der Waals surface area contributed by atoms with Gasteiger partial charge < -0.3 is 19.4 Å². The number of alkyl carbamates (subject to hydrolysis) is 1. The molecule has 1 aromatic heterocycles. The quantitative estimate of drug-likeness (QED) is 0.317. The first-order chi connectivity index (χ1) is 19.0. The number of hydrogen-bond donors (Lipinski definition) is 1. The van der Waals surface area contributed by atoms with Gasteiger partial charge in [0.1, 0.15) is 0 Å². The van der Waals surface area contributed by atoms with Crippen molar-refractivity contribution in [2.75, 3.05) is 37.6 Å². The lowest BCUT2D eigenvalue weighted by molar-refractivity contribution is 0.112. The third-order valence-corrected chi connectivity index (χ3v) is 7.14. The van der Waals surface area contributed by atoms with Crippen molar-refractivity contribution in [3.8, 4) is 11.1 Å². The van der Waals surface area contributed by atoms with Gasteiger partial charge in [0.25, 0.3) is 0 Å². The monoisotopic (exact) mass is 528 g/mol. The van der Waals surface area contributed by atoms with Gasteiger partial charge in [0, 0.05) is 39.3 Å². The van der Waals surface area contributed by atoms with Crippen LogP contribution in [0.1, 0.15) is 25.8 Å². The summed E-state index contributed by atoms with van der Waals surface area (Å²) in [7, 11) is 0. The Kier molecular flexibility index (Phi) is 8.32. The molecule has 8 heteroatoms. The zero-order chi connectivity index (χ0) is 27.2. The summed E-state index contributed by atoms with van der Waals surface area (Å²) in [5.41, 5.74) is 5.78. The largest absolute Gasteiger partial charge is 0.428 e. The molecule has 0 radical (unpaired) electrons. The Morgan fingerprint density at radius 2 is 1.69 bits per heavy atom. The molecular formula is C31H36N4O4. The number of nitrogens with zero attached hydrogens (tertiary/aromatic N) is 3. The van der Waals surface area contributed by atoms with Crippen LogP contribution >= 0.6 is 0 Å². The van der Waals surface area contributed by atoms with Crippen molar-refractivity contribution in [1.82, 2.24) is 14.8 Å². The first-order valence-electron chi connectivity index (χ1n) is 13.6. The van der Waals surface area contributed by atoms with Gasteiger partial charge in [-0.2, -0.15) is 0 Å². The molecule has 1 N–H and O–H groups in total. The molecule has 0 unspecified atom stereocenters. The molecule has 4 aromatic rings. The Hall–Kier alpha value is -4.04. The van der Waals surface area contributed by atoms with E-state index in [-0.39, 0.29) is 6.73 Å². The highest BCUT2D eigenvalue weighted by atomic mass is 16.6. The van der Waals surface area contributed by atoms with Crippen molar-refractivity contribution in [3.05, 3.63) is 88.9 Å². The highest BCUT2D eigenvalue weighted by Crippen LogP contribution is 2.28. The van der Waals surface area contributed by atoms with Gasteiger partial charge in [-0.3, -0.25) is 4.90 Å². The number of piperazine rings is 1. The number of aromatic nitrogens is 1. The van der Waals surface area contributed by atoms with Crippen molar-refractivity contribution in [2.24, 2.45) is 5.92 Å². The van der Waals surface area contributed by atoms with Gasteiger partial charge in [0.2, 0.25) is 0 Å². The third kappa shape index (κ3) is 6.52. The van der Waals surface area contributed by atoms with E-state index < -0.39 is 11.8 Å². The van der Waals surface area contributed by atoms with Crippen LogP contribution in [0.3, 0.4) is 0 Å². The predicted octanol–water partition coefficient (Wildman–Crippen LogP) is 5.31. The normalized spacial score (nSPS) is 14.2. The minimum atomic E-state index is -0.543. The van der Waals surface area contributed by atoms with Crippen molar-refractivity contribution >= 4 is 22.9 Å². The lowest BCUT2D eigenvalue weighted by atomic mass is 10.0. The zero-order valence-electron chi connectivity index (χ0n) is 22.6. The minimum Gasteiger partial charge on any atom is -0.428 e. The number of hydrogen-bond acceptors (Lipinski definition) is 6. The van der Waals surface area contributed by atoms with Crippen molar-refractivity contribution < 1.29 is 13.9 Å². The van der Waals surface area contributed by atoms with Gasteiger partial charge in [0.15, 0.2) is 12.3 Å². The van der Waals surface area contributed by atoms with E-state index >= 15 is 0 Å². The Bertz CT molecular complexity index is 1450. The van der Waals surface area contributed by atoms with Gasteiger partial charge in [-0.15, -0.1) is 0 Å². The number of amides is 1. The lowest BCUT2D eigenvalue weighted by Crippen LogP contribution is -2.46. The zero-order valence-corrected chi connectivity index (χ0v) is 22.6. The van der Waals surface area contributed by atoms with E-state index in [2.05, 4.69) is 77.5 Å². The van der Waals surface area contributed by atoms with Crippen molar-refractivity contribution in [2.45, 2.75) is 33.5 Å². The van der Waals surface area contributed by atoms with Crippen molar-refractivity contribution in [1.29, 1.82) is 0 Å². The first kappa shape index (κ1) is 26.6. The van der Waals surface area contributed by atoms with Crippen LogP contribution in [0.15, 0.2) is 82.0 Å². The number of ether oxygens (including phenoxy) is 1. The van der Waals surface area contributed by atoms with Crippen molar-refractivity contribution in [3.63, 3.8) is 0 Å². The van der Waals surface area contributed by atoms with E-state index in [9.17, 15) is 9.59 Å². The third-order valence-electron chi connectivity index (χ3n) is 7.14. The SMILES string of the molecule is CC(C)CCNC(=O)OCn1c(=O)oc2c(N3CCN(Cc4cccc(-c5ccccc5)c4)CC3)cccc21. The standard InChI is InChI=1S/C31H36N4O4/c1-23(2)14-15-32-30(36)38-22-35-28-13-7-12-27(29(28)39-31(35)37)34-18-16-33(17-19-34)21-24-8-6-11-26(20-24)25-9-4-3-5-10-25/h3-13,20,23H,14-19,21-22H2,1-2H3,(H,32,36). The number of anilines is 1.